The fourth-order valence-corrected chi connectivity index (χ4v) is 0.893. The fraction of sp³-hybridized carbons (Fsp3) is 0.200. The topological polar surface area (TPSA) is 73.1 Å². The molecule has 0 bridgehead atoms. The van der Waals surface area contributed by atoms with Crippen LogP contribution in [0.4, 0.5) is 5.69 Å². The third-order valence-corrected chi connectivity index (χ3v) is 1.70. The van der Waals surface area contributed by atoms with Gasteiger partial charge in [0.1, 0.15) is 11.7 Å². The van der Waals surface area contributed by atoms with Gasteiger partial charge in [-0.15, -0.1) is 0 Å². The molecule has 0 aliphatic rings. The molecule has 4 nitrogen and oxygen atoms in total. The van der Waals surface area contributed by atoms with E-state index in [1.54, 1.807) is 12.1 Å². The van der Waals surface area contributed by atoms with E-state index in [0.717, 1.165) is 0 Å². The number of hydrogen-bond donors (Lipinski definition) is 2. The van der Waals surface area contributed by atoms with E-state index in [9.17, 15) is 4.79 Å². The number of carbonyl (C=O) groups is 1. The Morgan fingerprint density at radius 1 is 1.64 bits per heavy atom. The highest BCUT2D eigenvalue weighted by molar-refractivity contribution is 5.93. The predicted octanol–water partition coefficient (Wildman–Crippen LogP) is 1.49. The monoisotopic (exact) mass is 190 g/mol. The van der Waals surface area contributed by atoms with Crippen molar-refractivity contribution in [2.45, 2.75) is 6.92 Å². The van der Waals surface area contributed by atoms with E-state index in [1.165, 1.54) is 19.1 Å². The van der Waals surface area contributed by atoms with E-state index in [2.05, 4.69) is 5.32 Å². The van der Waals surface area contributed by atoms with Crippen molar-refractivity contribution in [3.63, 3.8) is 0 Å². The predicted molar refractivity (Wildman–Crippen MR) is 51.5 cm³/mol. The van der Waals surface area contributed by atoms with Crippen LogP contribution in [0.3, 0.4) is 0 Å². The summed E-state index contributed by atoms with van der Waals surface area (Å²) in [6, 6.07) is 8.00. The number of carbonyl (C=O) groups excluding carboxylic acids is 1. The second-order valence-corrected chi connectivity index (χ2v) is 2.89. The minimum Gasteiger partial charge on any atom is -0.508 e. The summed E-state index contributed by atoms with van der Waals surface area (Å²) in [7, 11) is 0. The molecule has 0 aromatic heterocycles. The van der Waals surface area contributed by atoms with Crippen LogP contribution in [0.25, 0.3) is 0 Å². The van der Waals surface area contributed by atoms with Crippen LogP contribution in [-0.2, 0) is 4.79 Å². The number of benzene rings is 1. The van der Waals surface area contributed by atoms with Gasteiger partial charge in [-0.3, -0.25) is 4.79 Å². The largest absolute Gasteiger partial charge is 0.508 e. The molecule has 1 atom stereocenters. The number of nitrogens with zero attached hydrogens (tertiary/aromatic N) is 1. The molecule has 4 heteroatoms. The Labute approximate surface area is 81.8 Å². The number of phenolic OH excluding ortho intramolecular Hbond substituents is 1. The summed E-state index contributed by atoms with van der Waals surface area (Å²) < 4.78 is 0. The summed E-state index contributed by atoms with van der Waals surface area (Å²) in [5.74, 6) is -0.997. The van der Waals surface area contributed by atoms with Crippen LogP contribution in [0.15, 0.2) is 24.3 Å². The highest BCUT2D eigenvalue weighted by Gasteiger charge is 2.11. The van der Waals surface area contributed by atoms with Crippen molar-refractivity contribution >= 4 is 11.6 Å². The Morgan fingerprint density at radius 2 is 2.36 bits per heavy atom. The lowest BCUT2D eigenvalue weighted by Crippen LogP contribution is -2.18. The van der Waals surface area contributed by atoms with Crippen LogP contribution in [0.2, 0.25) is 0 Å². The Balaban J connectivity index is 2.71. The minimum absolute atomic E-state index is 0.0763. The Morgan fingerprint density at radius 3 is 2.93 bits per heavy atom. The molecule has 0 spiro atoms. The first-order chi connectivity index (χ1) is 6.63. The van der Waals surface area contributed by atoms with Gasteiger partial charge in [0.2, 0.25) is 5.91 Å². The van der Waals surface area contributed by atoms with Gasteiger partial charge in [-0.05, 0) is 19.1 Å². The van der Waals surface area contributed by atoms with Gasteiger partial charge in [0, 0.05) is 11.8 Å². The van der Waals surface area contributed by atoms with E-state index in [0.29, 0.717) is 5.69 Å². The zero-order valence-corrected chi connectivity index (χ0v) is 7.69. The van der Waals surface area contributed by atoms with Crippen LogP contribution in [0.1, 0.15) is 6.92 Å². The number of amides is 1. The van der Waals surface area contributed by atoms with Crippen molar-refractivity contribution in [3.8, 4) is 11.8 Å². The second kappa shape index (κ2) is 4.28. The summed E-state index contributed by atoms with van der Waals surface area (Å²) in [4.78, 5) is 11.2. The van der Waals surface area contributed by atoms with Crippen molar-refractivity contribution in [2.24, 2.45) is 5.92 Å². The fourth-order valence-electron chi connectivity index (χ4n) is 0.893. The summed E-state index contributed by atoms with van der Waals surface area (Å²) in [6.45, 7) is 1.51. The summed E-state index contributed by atoms with van der Waals surface area (Å²) in [5.41, 5.74) is 0.483. The van der Waals surface area contributed by atoms with Gasteiger partial charge >= 0.3 is 0 Å². The van der Waals surface area contributed by atoms with Crippen LogP contribution >= 0.6 is 0 Å². The average molecular weight is 190 g/mol. The number of rotatable bonds is 2. The molecule has 72 valence electrons. The van der Waals surface area contributed by atoms with Gasteiger partial charge < -0.3 is 10.4 Å². The van der Waals surface area contributed by atoms with Gasteiger partial charge in [0.05, 0.1) is 6.07 Å². The molecular formula is C10H10N2O2. The summed E-state index contributed by atoms with van der Waals surface area (Å²) in [6.07, 6.45) is 0. The number of aromatic hydroxyl groups is 1. The normalized spacial score (nSPS) is 11.4. The zero-order chi connectivity index (χ0) is 10.6. The number of phenols is 1. The first kappa shape index (κ1) is 10.1. The molecule has 0 heterocycles. The van der Waals surface area contributed by atoms with E-state index in [1.807, 2.05) is 6.07 Å². The molecule has 1 unspecified atom stereocenters. The summed E-state index contributed by atoms with van der Waals surface area (Å²) >= 11 is 0. The molecule has 0 aliphatic heterocycles. The molecule has 1 aromatic rings. The lowest BCUT2D eigenvalue weighted by Gasteiger charge is -2.05. The van der Waals surface area contributed by atoms with Crippen LogP contribution in [-0.4, -0.2) is 11.0 Å². The number of hydrogen-bond acceptors (Lipinski definition) is 3. The first-order valence-electron chi connectivity index (χ1n) is 4.13. The van der Waals surface area contributed by atoms with Crippen molar-refractivity contribution in [1.82, 2.24) is 0 Å². The van der Waals surface area contributed by atoms with Crippen LogP contribution < -0.4 is 5.32 Å². The SMILES string of the molecule is CC(C#N)C(=O)Nc1cccc(O)c1. The molecule has 0 aliphatic carbocycles. The van der Waals surface area contributed by atoms with Gasteiger partial charge in [-0.25, -0.2) is 0 Å². The van der Waals surface area contributed by atoms with Crippen molar-refractivity contribution < 1.29 is 9.90 Å². The third-order valence-electron chi connectivity index (χ3n) is 1.70. The average Bonchev–Trinajstić information content (AvgIpc) is 2.16. The van der Waals surface area contributed by atoms with Gasteiger partial charge in [-0.1, -0.05) is 6.07 Å². The second-order valence-electron chi connectivity index (χ2n) is 2.89. The lowest BCUT2D eigenvalue weighted by atomic mass is 10.2. The molecule has 2 N–H and O–H groups in total. The van der Waals surface area contributed by atoms with Crippen molar-refractivity contribution in [2.75, 3.05) is 5.32 Å². The smallest absolute Gasteiger partial charge is 0.241 e. The molecule has 0 fully saturated rings. The number of anilines is 1. The first-order valence-corrected chi connectivity index (χ1v) is 4.13. The molecular weight excluding hydrogens is 180 g/mol. The van der Waals surface area contributed by atoms with E-state index >= 15 is 0 Å². The van der Waals surface area contributed by atoms with Crippen molar-refractivity contribution in [1.29, 1.82) is 5.26 Å². The maximum atomic E-state index is 11.2. The van der Waals surface area contributed by atoms with Gasteiger partial charge in [0.15, 0.2) is 0 Å². The molecule has 14 heavy (non-hydrogen) atoms. The standard InChI is InChI=1S/C10H10N2O2/c1-7(6-11)10(14)12-8-3-2-4-9(13)5-8/h2-5,7,13H,1H3,(H,12,14). The maximum absolute atomic E-state index is 11.2. The molecule has 0 saturated heterocycles. The molecule has 1 aromatic carbocycles. The van der Waals surface area contributed by atoms with E-state index in [4.69, 9.17) is 10.4 Å². The van der Waals surface area contributed by atoms with E-state index in [-0.39, 0.29) is 11.7 Å². The quantitative estimate of drug-likeness (QED) is 0.742. The minimum atomic E-state index is -0.697. The molecule has 0 radical (unpaired) electrons. The van der Waals surface area contributed by atoms with Crippen molar-refractivity contribution in [3.05, 3.63) is 24.3 Å². The highest BCUT2D eigenvalue weighted by Crippen LogP contribution is 2.15. The highest BCUT2D eigenvalue weighted by atomic mass is 16.3. The third kappa shape index (κ3) is 2.49. The van der Waals surface area contributed by atoms with Crippen LogP contribution in [0.5, 0.6) is 5.75 Å². The van der Waals surface area contributed by atoms with Gasteiger partial charge in [-0.2, -0.15) is 5.26 Å². The van der Waals surface area contributed by atoms with Gasteiger partial charge in [0.25, 0.3) is 0 Å². The molecule has 0 saturated carbocycles. The Kier molecular flexibility index (Phi) is 3.08. The Hall–Kier alpha value is -2.02. The Bertz CT molecular complexity index is 382. The maximum Gasteiger partial charge on any atom is 0.241 e. The van der Waals surface area contributed by atoms with Crippen LogP contribution in [0, 0.1) is 17.2 Å². The molecule has 1 rings (SSSR count). The number of nitrogens with one attached hydrogen (secondary N) is 1. The summed E-state index contributed by atoms with van der Waals surface area (Å²) in [5, 5.41) is 20.1. The number of nitriles is 1. The van der Waals surface area contributed by atoms with E-state index < -0.39 is 5.92 Å². The zero-order valence-electron chi connectivity index (χ0n) is 7.69. The lowest BCUT2D eigenvalue weighted by molar-refractivity contribution is -0.117. The molecule has 1 amide bonds.